The first kappa shape index (κ1) is 11.5. The van der Waals surface area contributed by atoms with E-state index in [1.54, 1.807) is 13.4 Å². The molecular weight excluding hydrogens is 204 g/mol. The van der Waals surface area contributed by atoms with Crippen molar-refractivity contribution in [1.29, 1.82) is 0 Å². The topological polar surface area (TPSA) is 52.0 Å². The predicted octanol–water partition coefficient (Wildman–Crippen LogP) is 0.372. The van der Waals surface area contributed by atoms with E-state index in [9.17, 15) is 0 Å². The number of aryl methyl sites for hydroxylation is 1. The summed E-state index contributed by atoms with van der Waals surface area (Å²) < 4.78 is 7.18. The van der Waals surface area contributed by atoms with E-state index < -0.39 is 0 Å². The maximum atomic E-state index is 5.22. The minimum Gasteiger partial charge on any atom is -0.383 e. The SMILES string of the molecule is COCC(NCCc1nncn1C)C1CC1. The van der Waals surface area contributed by atoms with Gasteiger partial charge in [0, 0.05) is 33.2 Å². The third-order valence-electron chi connectivity index (χ3n) is 3.10. The summed E-state index contributed by atoms with van der Waals surface area (Å²) >= 11 is 0. The van der Waals surface area contributed by atoms with Gasteiger partial charge in [0.15, 0.2) is 0 Å². The summed E-state index contributed by atoms with van der Waals surface area (Å²) in [4.78, 5) is 0. The summed E-state index contributed by atoms with van der Waals surface area (Å²) in [6, 6.07) is 0.512. The van der Waals surface area contributed by atoms with Crippen LogP contribution in [-0.2, 0) is 18.2 Å². The van der Waals surface area contributed by atoms with Crippen molar-refractivity contribution in [2.45, 2.75) is 25.3 Å². The molecule has 90 valence electrons. The third kappa shape index (κ3) is 3.02. The van der Waals surface area contributed by atoms with E-state index in [4.69, 9.17) is 4.74 Å². The Bertz CT molecular complexity index is 322. The van der Waals surface area contributed by atoms with Crippen molar-refractivity contribution < 1.29 is 4.74 Å². The van der Waals surface area contributed by atoms with Gasteiger partial charge in [0.25, 0.3) is 0 Å². The van der Waals surface area contributed by atoms with Crippen molar-refractivity contribution in [3.63, 3.8) is 0 Å². The van der Waals surface area contributed by atoms with E-state index in [1.165, 1.54) is 12.8 Å². The molecule has 1 heterocycles. The lowest BCUT2D eigenvalue weighted by Gasteiger charge is -2.16. The summed E-state index contributed by atoms with van der Waals surface area (Å²) in [5, 5.41) is 11.5. The molecule has 0 radical (unpaired) electrons. The molecule has 1 unspecified atom stereocenters. The van der Waals surface area contributed by atoms with Crippen LogP contribution in [-0.4, -0.2) is 41.1 Å². The molecular formula is C11H20N4O. The monoisotopic (exact) mass is 224 g/mol. The van der Waals surface area contributed by atoms with Crippen LogP contribution in [0.5, 0.6) is 0 Å². The summed E-state index contributed by atoms with van der Waals surface area (Å²) in [6.45, 7) is 1.75. The molecule has 2 rings (SSSR count). The van der Waals surface area contributed by atoms with Crippen molar-refractivity contribution in [3.05, 3.63) is 12.2 Å². The van der Waals surface area contributed by atoms with E-state index in [0.717, 1.165) is 31.3 Å². The van der Waals surface area contributed by atoms with Crippen molar-refractivity contribution in [2.24, 2.45) is 13.0 Å². The van der Waals surface area contributed by atoms with Crippen LogP contribution in [0.1, 0.15) is 18.7 Å². The minimum absolute atomic E-state index is 0.512. The van der Waals surface area contributed by atoms with E-state index in [2.05, 4.69) is 15.5 Å². The van der Waals surface area contributed by atoms with Crippen LogP contribution in [0.4, 0.5) is 0 Å². The van der Waals surface area contributed by atoms with Crippen LogP contribution in [0.15, 0.2) is 6.33 Å². The molecule has 0 aromatic carbocycles. The van der Waals surface area contributed by atoms with Crippen molar-refractivity contribution in [2.75, 3.05) is 20.3 Å². The van der Waals surface area contributed by atoms with Gasteiger partial charge in [-0.25, -0.2) is 0 Å². The minimum atomic E-state index is 0.512. The predicted molar refractivity (Wildman–Crippen MR) is 61.1 cm³/mol. The van der Waals surface area contributed by atoms with Gasteiger partial charge >= 0.3 is 0 Å². The number of nitrogens with one attached hydrogen (secondary N) is 1. The summed E-state index contributed by atoms with van der Waals surface area (Å²) in [5.74, 6) is 1.85. The summed E-state index contributed by atoms with van der Waals surface area (Å²) in [5.41, 5.74) is 0. The zero-order valence-electron chi connectivity index (χ0n) is 10.0. The van der Waals surface area contributed by atoms with Crippen LogP contribution in [0, 0.1) is 5.92 Å². The molecule has 0 saturated heterocycles. The first-order valence-electron chi connectivity index (χ1n) is 5.86. The van der Waals surface area contributed by atoms with Crippen LogP contribution in [0.2, 0.25) is 0 Å². The van der Waals surface area contributed by atoms with Gasteiger partial charge in [-0.05, 0) is 18.8 Å². The zero-order valence-corrected chi connectivity index (χ0v) is 10.0. The highest BCUT2D eigenvalue weighted by atomic mass is 16.5. The molecule has 5 nitrogen and oxygen atoms in total. The molecule has 5 heteroatoms. The van der Waals surface area contributed by atoms with E-state index >= 15 is 0 Å². The van der Waals surface area contributed by atoms with Crippen molar-refractivity contribution >= 4 is 0 Å². The van der Waals surface area contributed by atoms with Crippen LogP contribution in [0.3, 0.4) is 0 Å². The Morgan fingerprint density at radius 3 is 3.00 bits per heavy atom. The number of rotatable bonds is 7. The lowest BCUT2D eigenvalue weighted by molar-refractivity contribution is 0.158. The molecule has 1 aliphatic rings. The maximum absolute atomic E-state index is 5.22. The number of aromatic nitrogens is 3. The van der Waals surface area contributed by atoms with Gasteiger partial charge in [-0.3, -0.25) is 0 Å². The lowest BCUT2D eigenvalue weighted by atomic mass is 10.2. The number of hydrogen-bond acceptors (Lipinski definition) is 4. The summed E-state index contributed by atoms with van der Waals surface area (Å²) in [7, 11) is 3.74. The van der Waals surface area contributed by atoms with Gasteiger partial charge in [-0.2, -0.15) is 0 Å². The van der Waals surface area contributed by atoms with Gasteiger partial charge in [-0.1, -0.05) is 0 Å². The second-order valence-electron chi connectivity index (χ2n) is 4.46. The Balaban J connectivity index is 1.71. The molecule has 1 N–H and O–H groups in total. The molecule has 0 aliphatic heterocycles. The quantitative estimate of drug-likeness (QED) is 0.727. The normalized spacial score (nSPS) is 17.6. The number of ether oxygens (including phenoxy) is 1. The average Bonchev–Trinajstić information content (AvgIpc) is 3.03. The molecule has 0 spiro atoms. The molecule has 1 aromatic heterocycles. The van der Waals surface area contributed by atoms with E-state index in [1.807, 2.05) is 11.6 Å². The number of hydrogen-bond donors (Lipinski definition) is 1. The molecule has 1 saturated carbocycles. The fraction of sp³-hybridized carbons (Fsp3) is 0.818. The standard InChI is InChI=1S/C11H20N4O/c1-15-8-13-14-11(15)5-6-12-10(7-16-2)9-3-4-9/h8-10,12H,3-7H2,1-2H3. The lowest BCUT2D eigenvalue weighted by Crippen LogP contribution is -2.36. The van der Waals surface area contributed by atoms with Gasteiger partial charge in [0.1, 0.15) is 12.2 Å². The van der Waals surface area contributed by atoms with Gasteiger partial charge in [0.2, 0.25) is 0 Å². The van der Waals surface area contributed by atoms with Crippen LogP contribution in [0.25, 0.3) is 0 Å². The molecule has 1 fully saturated rings. The highest BCUT2D eigenvalue weighted by Gasteiger charge is 2.30. The van der Waals surface area contributed by atoms with Gasteiger partial charge in [-0.15, -0.1) is 10.2 Å². The highest BCUT2D eigenvalue weighted by molar-refractivity contribution is 4.89. The molecule has 1 aliphatic carbocycles. The number of methoxy groups -OCH3 is 1. The molecule has 1 aromatic rings. The molecule has 0 amide bonds. The summed E-state index contributed by atoms with van der Waals surface area (Å²) in [6.07, 6.45) is 5.34. The van der Waals surface area contributed by atoms with Crippen LogP contribution < -0.4 is 5.32 Å². The zero-order chi connectivity index (χ0) is 11.4. The fourth-order valence-corrected chi connectivity index (χ4v) is 1.94. The van der Waals surface area contributed by atoms with Crippen molar-refractivity contribution in [3.8, 4) is 0 Å². The van der Waals surface area contributed by atoms with Gasteiger partial charge < -0.3 is 14.6 Å². The average molecular weight is 224 g/mol. The number of nitrogens with zero attached hydrogens (tertiary/aromatic N) is 3. The fourth-order valence-electron chi connectivity index (χ4n) is 1.94. The highest BCUT2D eigenvalue weighted by Crippen LogP contribution is 2.32. The van der Waals surface area contributed by atoms with E-state index in [-0.39, 0.29) is 0 Å². The smallest absolute Gasteiger partial charge is 0.133 e. The second kappa shape index (κ2) is 5.41. The van der Waals surface area contributed by atoms with E-state index in [0.29, 0.717) is 6.04 Å². The largest absolute Gasteiger partial charge is 0.383 e. The Labute approximate surface area is 96.2 Å². The third-order valence-corrected chi connectivity index (χ3v) is 3.10. The Morgan fingerprint density at radius 2 is 2.44 bits per heavy atom. The van der Waals surface area contributed by atoms with Crippen molar-refractivity contribution in [1.82, 2.24) is 20.1 Å². The first-order chi connectivity index (χ1) is 7.81. The Kier molecular flexibility index (Phi) is 3.90. The van der Waals surface area contributed by atoms with Crippen LogP contribution >= 0.6 is 0 Å². The Morgan fingerprint density at radius 1 is 1.62 bits per heavy atom. The maximum Gasteiger partial charge on any atom is 0.133 e. The molecule has 1 atom stereocenters. The Hall–Kier alpha value is -0.940. The van der Waals surface area contributed by atoms with Gasteiger partial charge in [0.05, 0.1) is 6.61 Å². The molecule has 0 bridgehead atoms. The second-order valence-corrected chi connectivity index (χ2v) is 4.46. The first-order valence-corrected chi connectivity index (χ1v) is 5.86. The molecule has 16 heavy (non-hydrogen) atoms.